The Morgan fingerprint density at radius 1 is 1.06 bits per heavy atom. The number of carbonyl (C=O) groups excluding carboxylic acids is 2. The zero-order valence-electron chi connectivity index (χ0n) is 17.6. The van der Waals surface area contributed by atoms with Gasteiger partial charge in [-0.2, -0.15) is 0 Å². The lowest BCUT2D eigenvalue weighted by atomic mass is 10.1. The molecule has 0 aliphatic rings. The highest BCUT2D eigenvalue weighted by Gasteiger charge is 2.35. The van der Waals surface area contributed by atoms with Crippen molar-refractivity contribution in [2.45, 2.75) is 36.6 Å². The highest BCUT2D eigenvalue weighted by atomic mass is 35.6. The zero-order chi connectivity index (χ0) is 23.7. The van der Waals surface area contributed by atoms with Gasteiger partial charge in [-0.15, -0.1) is 0 Å². The van der Waals surface area contributed by atoms with Crippen molar-refractivity contribution in [3.63, 3.8) is 0 Å². The van der Waals surface area contributed by atoms with Crippen LogP contribution in [0.5, 0.6) is 0 Å². The second-order valence-corrected chi connectivity index (χ2v) is 9.71. The Bertz CT molecular complexity index is 949. The first-order valence-corrected chi connectivity index (χ1v) is 11.4. The molecule has 0 spiro atoms. The van der Waals surface area contributed by atoms with E-state index in [9.17, 15) is 9.59 Å². The summed E-state index contributed by atoms with van der Waals surface area (Å²) in [4.78, 5) is 24.6. The van der Waals surface area contributed by atoms with E-state index in [0.717, 1.165) is 18.4 Å². The van der Waals surface area contributed by atoms with Gasteiger partial charge in [0, 0.05) is 11.3 Å². The van der Waals surface area contributed by atoms with Crippen molar-refractivity contribution < 1.29 is 14.3 Å². The summed E-state index contributed by atoms with van der Waals surface area (Å²) in [6.07, 6.45) is 0.657. The second-order valence-electron chi connectivity index (χ2n) is 6.93. The van der Waals surface area contributed by atoms with Crippen LogP contribution in [0.3, 0.4) is 0 Å². The van der Waals surface area contributed by atoms with E-state index in [4.69, 9.17) is 51.8 Å². The van der Waals surface area contributed by atoms with Crippen LogP contribution in [-0.2, 0) is 4.74 Å². The number of carbonyl (C=O) groups is 2. The third-order valence-electron chi connectivity index (χ3n) is 4.38. The lowest BCUT2D eigenvalue weighted by molar-refractivity contribution is 0.0499. The molecule has 0 unspecified atom stereocenters. The first kappa shape index (κ1) is 26.2. The van der Waals surface area contributed by atoms with Gasteiger partial charge in [0.1, 0.15) is 6.17 Å². The van der Waals surface area contributed by atoms with Crippen molar-refractivity contribution in [3.05, 3.63) is 65.2 Å². The largest absolute Gasteiger partial charge is 0.462 e. The summed E-state index contributed by atoms with van der Waals surface area (Å²) in [5, 5.41) is 8.49. The molecule has 0 radical (unpaired) electrons. The van der Waals surface area contributed by atoms with E-state index in [1.54, 1.807) is 36.4 Å². The Hall–Kier alpha value is -2.06. The van der Waals surface area contributed by atoms with Gasteiger partial charge in [-0.1, -0.05) is 66.3 Å². The molecular weight excluding hydrogens is 493 g/mol. The van der Waals surface area contributed by atoms with Crippen LogP contribution in [0.2, 0.25) is 0 Å². The summed E-state index contributed by atoms with van der Waals surface area (Å²) in [7, 11) is 0. The van der Waals surface area contributed by atoms with Gasteiger partial charge in [-0.25, -0.2) is 4.79 Å². The van der Waals surface area contributed by atoms with Crippen molar-refractivity contribution in [2.75, 3.05) is 11.9 Å². The van der Waals surface area contributed by atoms with Crippen LogP contribution in [0.25, 0.3) is 0 Å². The maximum absolute atomic E-state index is 12.6. The highest BCUT2D eigenvalue weighted by molar-refractivity contribution is 7.80. The number of halogens is 3. The fourth-order valence-corrected chi connectivity index (χ4v) is 3.18. The quantitative estimate of drug-likeness (QED) is 0.144. The van der Waals surface area contributed by atoms with Crippen LogP contribution >= 0.6 is 47.0 Å². The van der Waals surface area contributed by atoms with Gasteiger partial charge >= 0.3 is 5.97 Å². The maximum Gasteiger partial charge on any atom is 0.338 e. The number of unbranched alkanes of at least 4 members (excludes halogenated alkanes) is 1. The number of alkyl halides is 3. The fraction of sp³-hybridized carbons (Fsp3) is 0.318. The summed E-state index contributed by atoms with van der Waals surface area (Å²) in [5.41, 5.74) is 2.26. The number of nitrogens with one attached hydrogen (secondary N) is 3. The first-order valence-electron chi connectivity index (χ1n) is 9.89. The minimum absolute atomic E-state index is 0.115. The Labute approximate surface area is 207 Å². The van der Waals surface area contributed by atoms with Gasteiger partial charge in [0.15, 0.2) is 5.11 Å². The third-order valence-corrected chi connectivity index (χ3v) is 5.25. The Morgan fingerprint density at radius 2 is 1.72 bits per heavy atom. The predicted molar refractivity (Wildman–Crippen MR) is 134 cm³/mol. The molecule has 2 aromatic rings. The summed E-state index contributed by atoms with van der Waals surface area (Å²) in [6.45, 7) is 4.21. The van der Waals surface area contributed by atoms with E-state index in [1.807, 2.05) is 26.0 Å². The van der Waals surface area contributed by atoms with Gasteiger partial charge in [0.05, 0.1) is 12.2 Å². The molecule has 0 aromatic heterocycles. The molecular formula is C22H24Cl3N3O3S. The third kappa shape index (κ3) is 8.13. The molecule has 0 aliphatic carbocycles. The number of hydrogen-bond acceptors (Lipinski definition) is 4. The number of aryl methyl sites for hydroxylation is 1. The predicted octanol–water partition coefficient (Wildman–Crippen LogP) is 5.36. The molecule has 2 rings (SSSR count). The molecule has 0 aliphatic heterocycles. The van der Waals surface area contributed by atoms with Crippen LogP contribution in [0.1, 0.15) is 46.0 Å². The normalized spacial score (nSPS) is 11.9. The molecule has 0 saturated heterocycles. The highest BCUT2D eigenvalue weighted by Crippen LogP contribution is 2.29. The number of thiocarbonyl (C=S) groups is 1. The molecule has 0 heterocycles. The second kappa shape index (κ2) is 12.3. The average Bonchev–Trinajstić information content (AvgIpc) is 2.73. The van der Waals surface area contributed by atoms with Crippen molar-refractivity contribution in [3.8, 4) is 0 Å². The molecule has 1 amide bonds. The fourth-order valence-electron chi connectivity index (χ4n) is 2.62. The first-order chi connectivity index (χ1) is 15.1. The van der Waals surface area contributed by atoms with Gasteiger partial charge in [-0.05, 0) is 61.5 Å². The maximum atomic E-state index is 12.6. The minimum Gasteiger partial charge on any atom is -0.462 e. The van der Waals surface area contributed by atoms with Gasteiger partial charge in [-0.3, -0.25) is 4.79 Å². The van der Waals surface area contributed by atoms with Crippen molar-refractivity contribution in [1.29, 1.82) is 0 Å². The standard InChI is InChI=1S/C22H24Cl3N3O3S/c1-3-4-13-31-19(30)15-9-11-16(12-10-15)26-21(32)28-20(22(23,24)25)27-18(29)17-8-6-5-7-14(17)2/h5-12,20H,3-4,13H2,1-2H3,(H,27,29)(H2,26,28,32)/t20-/m1/s1. The molecule has 172 valence electrons. The topological polar surface area (TPSA) is 79.5 Å². The minimum atomic E-state index is -1.88. The smallest absolute Gasteiger partial charge is 0.338 e. The Kier molecular flexibility index (Phi) is 10.0. The van der Waals surface area contributed by atoms with Crippen LogP contribution < -0.4 is 16.0 Å². The number of benzene rings is 2. The summed E-state index contributed by atoms with van der Waals surface area (Å²) in [5.74, 6) is -0.804. The molecule has 3 N–H and O–H groups in total. The number of amides is 1. The van der Waals surface area contributed by atoms with Gasteiger partial charge in [0.2, 0.25) is 3.79 Å². The number of anilines is 1. The monoisotopic (exact) mass is 515 g/mol. The average molecular weight is 517 g/mol. The molecule has 32 heavy (non-hydrogen) atoms. The van der Waals surface area contributed by atoms with Crippen LogP contribution in [-0.4, -0.2) is 33.6 Å². The molecule has 0 saturated carbocycles. The van der Waals surface area contributed by atoms with E-state index in [2.05, 4.69) is 16.0 Å². The number of esters is 1. The van der Waals surface area contributed by atoms with E-state index in [-0.39, 0.29) is 11.1 Å². The van der Waals surface area contributed by atoms with E-state index < -0.39 is 15.9 Å². The van der Waals surface area contributed by atoms with Gasteiger partial charge in [0.25, 0.3) is 5.91 Å². The lowest BCUT2D eigenvalue weighted by Crippen LogP contribution is -2.56. The Balaban J connectivity index is 1.99. The molecule has 0 bridgehead atoms. The van der Waals surface area contributed by atoms with E-state index in [0.29, 0.717) is 23.4 Å². The molecule has 10 heteroatoms. The lowest BCUT2D eigenvalue weighted by Gasteiger charge is -2.28. The van der Waals surface area contributed by atoms with Crippen molar-refractivity contribution in [2.24, 2.45) is 0 Å². The van der Waals surface area contributed by atoms with Gasteiger partial charge < -0.3 is 20.7 Å². The van der Waals surface area contributed by atoms with Crippen LogP contribution in [0.4, 0.5) is 5.69 Å². The number of ether oxygens (including phenoxy) is 1. The molecule has 2 aromatic carbocycles. The number of rotatable bonds is 8. The van der Waals surface area contributed by atoms with Crippen LogP contribution in [0, 0.1) is 6.92 Å². The van der Waals surface area contributed by atoms with Crippen LogP contribution in [0.15, 0.2) is 48.5 Å². The zero-order valence-corrected chi connectivity index (χ0v) is 20.7. The SMILES string of the molecule is CCCCOC(=O)c1ccc(NC(=S)N[C@@H](NC(=O)c2ccccc2C)C(Cl)(Cl)Cl)cc1. The van der Waals surface area contributed by atoms with Crippen molar-refractivity contribution in [1.82, 2.24) is 10.6 Å². The van der Waals surface area contributed by atoms with E-state index >= 15 is 0 Å². The summed E-state index contributed by atoms with van der Waals surface area (Å²) in [6, 6.07) is 13.6. The van der Waals surface area contributed by atoms with Crippen molar-refractivity contribution >= 4 is 69.7 Å². The molecule has 1 atom stereocenters. The molecule has 6 nitrogen and oxygen atoms in total. The summed E-state index contributed by atoms with van der Waals surface area (Å²) < 4.78 is 3.30. The Morgan fingerprint density at radius 3 is 2.31 bits per heavy atom. The molecule has 0 fully saturated rings. The van der Waals surface area contributed by atoms with E-state index in [1.165, 1.54) is 0 Å². The number of hydrogen-bond donors (Lipinski definition) is 3. The summed E-state index contributed by atoms with van der Waals surface area (Å²) >= 11 is 23.4.